The highest BCUT2D eigenvalue weighted by atomic mass is 32.2. The molecule has 3 aromatic carbocycles. The lowest BCUT2D eigenvalue weighted by Gasteiger charge is -2.19. The Morgan fingerprint density at radius 2 is 1.82 bits per heavy atom. The summed E-state index contributed by atoms with van der Waals surface area (Å²) in [6.45, 7) is 3.96. The normalized spacial score (nSPS) is 14.6. The molecular weight excluding hydrogens is 450 g/mol. The summed E-state index contributed by atoms with van der Waals surface area (Å²) in [5.41, 5.74) is -0.980. The third kappa shape index (κ3) is 5.04. The quantitative estimate of drug-likeness (QED) is 0.456. The van der Waals surface area contributed by atoms with Crippen molar-refractivity contribution in [3.63, 3.8) is 0 Å². The Morgan fingerprint density at radius 3 is 2.48 bits per heavy atom. The number of halogens is 2. The van der Waals surface area contributed by atoms with E-state index in [4.69, 9.17) is 4.74 Å². The number of ether oxygens (including phenoxy) is 1. The zero-order valence-corrected chi connectivity index (χ0v) is 18.4. The average Bonchev–Trinajstić information content (AvgIpc) is 3.55. The van der Waals surface area contributed by atoms with Crippen LogP contribution in [0.5, 0.6) is 5.75 Å². The van der Waals surface area contributed by atoms with E-state index in [1.54, 1.807) is 18.2 Å². The zero-order chi connectivity index (χ0) is 23.6. The summed E-state index contributed by atoms with van der Waals surface area (Å²) >= 11 is 0. The van der Waals surface area contributed by atoms with Crippen LogP contribution in [0, 0.1) is 11.6 Å². The Kier molecular flexibility index (Phi) is 6.18. The predicted octanol–water partition coefficient (Wildman–Crippen LogP) is 4.27. The van der Waals surface area contributed by atoms with Crippen molar-refractivity contribution in [2.24, 2.45) is 0 Å². The molecule has 0 unspecified atom stereocenters. The van der Waals surface area contributed by atoms with Crippen LogP contribution in [-0.2, 0) is 20.6 Å². The van der Waals surface area contributed by atoms with E-state index in [9.17, 15) is 22.0 Å². The molecule has 0 bridgehead atoms. The number of nitrogens with one attached hydrogen (secondary N) is 2. The fraction of sp³-hybridized carbons (Fsp3) is 0.208. The SMILES string of the molecule is C=CCOc1ccc(NC(=O)C2(NS(=O)(=O)Cc3ccc(F)cc3F)CC2)c2ccccc12. The van der Waals surface area contributed by atoms with Gasteiger partial charge in [0.2, 0.25) is 15.9 Å². The van der Waals surface area contributed by atoms with E-state index in [1.807, 2.05) is 24.3 Å². The Hall–Kier alpha value is -3.30. The van der Waals surface area contributed by atoms with Crippen LogP contribution >= 0.6 is 0 Å². The Bertz CT molecular complexity index is 1340. The van der Waals surface area contributed by atoms with Crippen molar-refractivity contribution in [3.8, 4) is 5.75 Å². The van der Waals surface area contributed by atoms with Crippen LogP contribution in [-0.4, -0.2) is 26.5 Å². The van der Waals surface area contributed by atoms with E-state index < -0.39 is 38.9 Å². The molecule has 0 aliphatic heterocycles. The summed E-state index contributed by atoms with van der Waals surface area (Å²) < 4.78 is 60.3. The van der Waals surface area contributed by atoms with Gasteiger partial charge in [0.25, 0.3) is 0 Å². The Morgan fingerprint density at radius 1 is 1.09 bits per heavy atom. The summed E-state index contributed by atoms with van der Waals surface area (Å²) in [6, 6.07) is 13.5. The molecule has 6 nitrogen and oxygen atoms in total. The van der Waals surface area contributed by atoms with Gasteiger partial charge in [-0.05, 0) is 31.0 Å². The second kappa shape index (κ2) is 8.92. The fourth-order valence-electron chi connectivity index (χ4n) is 3.57. The van der Waals surface area contributed by atoms with Crippen LogP contribution < -0.4 is 14.8 Å². The summed E-state index contributed by atoms with van der Waals surface area (Å²) in [4.78, 5) is 13.0. The molecule has 0 saturated heterocycles. The molecule has 33 heavy (non-hydrogen) atoms. The van der Waals surface area contributed by atoms with Crippen molar-refractivity contribution in [2.75, 3.05) is 11.9 Å². The van der Waals surface area contributed by atoms with Crippen molar-refractivity contribution >= 4 is 32.4 Å². The monoisotopic (exact) mass is 472 g/mol. The van der Waals surface area contributed by atoms with Crippen LogP contribution in [0.4, 0.5) is 14.5 Å². The molecule has 1 aliphatic rings. The molecule has 4 rings (SSSR count). The smallest absolute Gasteiger partial charge is 0.245 e. The van der Waals surface area contributed by atoms with Gasteiger partial charge in [0.05, 0.1) is 5.75 Å². The van der Waals surface area contributed by atoms with E-state index in [0.717, 1.165) is 22.9 Å². The lowest BCUT2D eigenvalue weighted by atomic mass is 10.1. The van der Waals surface area contributed by atoms with Crippen LogP contribution in [0.2, 0.25) is 0 Å². The minimum Gasteiger partial charge on any atom is -0.489 e. The number of hydrogen-bond donors (Lipinski definition) is 2. The van der Waals surface area contributed by atoms with Crippen molar-refractivity contribution in [1.29, 1.82) is 0 Å². The van der Waals surface area contributed by atoms with Gasteiger partial charge in [-0.15, -0.1) is 0 Å². The first-order valence-corrected chi connectivity index (χ1v) is 11.9. The van der Waals surface area contributed by atoms with E-state index in [-0.39, 0.29) is 5.56 Å². The Labute approximate surface area is 190 Å². The van der Waals surface area contributed by atoms with Gasteiger partial charge in [-0.2, -0.15) is 4.72 Å². The van der Waals surface area contributed by atoms with Crippen LogP contribution in [0.25, 0.3) is 10.8 Å². The van der Waals surface area contributed by atoms with Crippen LogP contribution in [0.15, 0.2) is 67.3 Å². The molecule has 3 aromatic rings. The number of anilines is 1. The lowest BCUT2D eigenvalue weighted by Crippen LogP contribution is -2.46. The van der Waals surface area contributed by atoms with E-state index in [0.29, 0.717) is 37.0 Å². The van der Waals surface area contributed by atoms with Gasteiger partial charge in [0.15, 0.2) is 0 Å². The number of rotatable bonds is 9. The molecule has 0 atom stereocenters. The molecule has 0 heterocycles. The Balaban J connectivity index is 1.53. The minimum atomic E-state index is -4.06. The second-order valence-corrected chi connectivity index (χ2v) is 9.61. The van der Waals surface area contributed by atoms with E-state index in [2.05, 4.69) is 16.6 Å². The molecule has 0 spiro atoms. The topological polar surface area (TPSA) is 84.5 Å². The van der Waals surface area contributed by atoms with Gasteiger partial charge >= 0.3 is 0 Å². The van der Waals surface area contributed by atoms with Gasteiger partial charge in [-0.25, -0.2) is 17.2 Å². The summed E-state index contributed by atoms with van der Waals surface area (Å²) in [5, 5.41) is 4.33. The van der Waals surface area contributed by atoms with E-state index >= 15 is 0 Å². The number of amides is 1. The van der Waals surface area contributed by atoms with Gasteiger partial charge in [-0.3, -0.25) is 4.79 Å². The van der Waals surface area contributed by atoms with Crippen molar-refractivity contribution in [3.05, 3.63) is 84.5 Å². The van der Waals surface area contributed by atoms with Crippen molar-refractivity contribution in [1.82, 2.24) is 4.72 Å². The summed E-state index contributed by atoms with van der Waals surface area (Å²) in [5.74, 6) is -2.33. The standard InChI is InChI=1S/C24H22F2N2O4S/c1-2-13-32-22-10-9-21(18-5-3-4-6-19(18)22)27-23(29)24(11-12-24)28-33(30,31)15-16-7-8-17(25)14-20(16)26/h2-10,14,28H,1,11-13,15H2,(H,27,29). The fourth-order valence-corrected chi connectivity index (χ4v) is 5.18. The maximum atomic E-state index is 13.9. The number of fused-ring (bicyclic) bond motifs is 1. The molecule has 2 N–H and O–H groups in total. The molecule has 1 aliphatic carbocycles. The average molecular weight is 473 g/mol. The minimum absolute atomic E-state index is 0.179. The first kappa shape index (κ1) is 22.9. The summed E-state index contributed by atoms with van der Waals surface area (Å²) in [6.07, 6.45) is 2.25. The third-order valence-corrected chi connectivity index (χ3v) is 6.78. The van der Waals surface area contributed by atoms with Gasteiger partial charge < -0.3 is 10.1 Å². The number of benzene rings is 3. The third-order valence-electron chi connectivity index (χ3n) is 5.39. The summed E-state index contributed by atoms with van der Waals surface area (Å²) in [7, 11) is -4.06. The highest BCUT2D eigenvalue weighted by molar-refractivity contribution is 7.88. The molecule has 1 fully saturated rings. The van der Waals surface area contributed by atoms with Gasteiger partial charge in [-0.1, -0.05) is 43.0 Å². The number of carbonyl (C=O) groups excluding carboxylic acids is 1. The number of hydrogen-bond acceptors (Lipinski definition) is 4. The van der Waals surface area contributed by atoms with Crippen molar-refractivity contribution < 1.29 is 26.7 Å². The van der Waals surface area contributed by atoms with E-state index in [1.165, 1.54) is 0 Å². The zero-order valence-electron chi connectivity index (χ0n) is 17.6. The number of carbonyl (C=O) groups is 1. The number of sulfonamides is 1. The molecule has 9 heteroatoms. The largest absolute Gasteiger partial charge is 0.489 e. The highest BCUT2D eigenvalue weighted by Crippen LogP contribution is 2.39. The van der Waals surface area contributed by atoms with Crippen LogP contribution in [0.3, 0.4) is 0 Å². The molecule has 172 valence electrons. The predicted molar refractivity (Wildman–Crippen MR) is 122 cm³/mol. The molecular formula is C24H22F2N2O4S. The van der Waals surface area contributed by atoms with Crippen molar-refractivity contribution in [2.45, 2.75) is 24.1 Å². The lowest BCUT2D eigenvalue weighted by molar-refractivity contribution is -0.118. The van der Waals surface area contributed by atoms with Gasteiger partial charge in [0.1, 0.15) is 29.5 Å². The molecule has 1 saturated carbocycles. The maximum absolute atomic E-state index is 13.9. The first-order chi connectivity index (χ1) is 15.7. The molecule has 0 aromatic heterocycles. The van der Waals surface area contributed by atoms with Crippen LogP contribution in [0.1, 0.15) is 18.4 Å². The second-order valence-electron chi connectivity index (χ2n) is 7.89. The molecule has 1 amide bonds. The molecule has 0 radical (unpaired) electrons. The first-order valence-electron chi connectivity index (χ1n) is 10.3. The maximum Gasteiger partial charge on any atom is 0.245 e. The highest BCUT2D eigenvalue weighted by Gasteiger charge is 2.52. The van der Waals surface area contributed by atoms with Gasteiger partial charge in [0, 0.05) is 28.1 Å².